The molecule has 0 unspecified atom stereocenters. The molecular weight excluding hydrogens is 520 g/mol. The van der Waals surface area contributed by atoms with Crippen LogP contribution in [0.5, 0.6) is 0 Å². The van der Waals surface area contributed by atoms with Crippen LogP contribution >= 0.6 is 0 Å². The van der Waals surface area contributed by atoms with E-state index in [4.69, 9.17) is 9.47 Å². The van der Waals surface area contributed by atoms with Crippen LogP contribution in [0, 0.1) is 6.92 Å². The van der Waals surface area contributed by atoms with E-state index < -0.39 is 29.2 Å². The first-order valence-electron chi connectivity index (χ1n) is 12.7. The molecule has 1 aliphatic rings. The van der Waals surface area contributed by atoms with Crippen LogP contribution < -0.4 is 0 Å². The summed E-state index contributed by atoms with van der Waals surface area (Å²) in [5, 5.41) is 25.2. The fourth-order valence-electron chi connectivity index (χ4n) is 5.13. The Morgan fingerprint density at radius 3 is 1.03 bits per heavy atom. The molecule has 1 heterocycles. The van der Waals surface area contributed by atoms with E-state index in [2.05, 4.69) is 13.5 Å². The van der Waals surface area contributed by atoms with Crippen molar-refractivity contribution in [1.82, 2.24) is 0 Å². The molecule has 200 valence electrons. The first-order valence-corrected chi connectivity index (χ1v) is 12.7. The van der Waals surface area contributed by atoms with Gasteiger partial charge >= 0.3 is 0 Å². The molecule has 0 spiro atoms. The van der Waals surface area contributed by atoms with E-state index in [1.165, 1.54) is 6.08 Å². The van der Waals surface area contributed by atoms with Crippen molar-refractivity contribution in [3.8, 4) is 0 Å². The van der Waals surface area contributed by atoms with Crippen LogP contribution in [0.25, 0.3) is 0 Å². The summed E-state index contributed by atoms with van der Waals surface area (Å²) < 4.78 is 13.0. The van der Waals surface area contributed by atoms with Gasteiger partial charge in [-0.3, -0.25) is 0 Å². The number of hydrogen-bond donors (Lipinski definition) is 2. The summed E-state index contributed by atoms with van der Waals surface area (Å²) in [7, 11) is 0. The second kappa shape index (κ2) is 12.9. The molecule has 1 saturated heterocycles. The summed E-state index contributed by atoms with van der Waals surface area (Å²) in [4.78, 5) is 0. The SMILES string of the molecule is C=C[CH2-].CC1(C)O[C@H](C(O)(c2ccccc2)c2ccccc2)[C@@H](C(O)(c2ccccc2)c2ccccc2)O1.[Ti]. The Hall–Kier alpha value is -2.96. The van der Waals surface area contributed by atoms with E-state index in [0.717, 1.165) is 0 Å². The molecule has 0 saturated carbocycles. The molecule has 5 rings (SSSR count). The summed E-state index contributed by atoms with van der Waals surface area (Å²) in [6.07, 6.45) is -0.375. The molecule has 0 aliphatic carbocycles. The monoisotopic (exact) mass is 555 g/mol. The molecule has 0 amide bonds. The minimum Gasteiger partial charge on any atom is -0.378 e. The molecule has 0 bridgehead atoms. The molecular formula is C34H35O4Ti-. The molecule has 2 N–H and O–H groups in total. The van der Waals surface area contributed by atoms with Gasteiger partial charge in [-0.2, -0.15) is 0 Å². The van der Waals surface area contributed by atoms with Gasteiger partial charge in [0.2, 0.25) is 0 Å². The molecule has 4 aromatic carbocycles. The normalized spacial score (nSPS) is 18.3. The topological polar surface area (TPSA) is 58.9 Å². The summed E-state index contributed by atoms with van der Waals surface area (Å²) in [6, 6.07) is 37.8. The molecule has 0 radical (unpaired) electrons. The van der Waals surface area contributed by atoms with Crippen molar-refractivity contribution in [3.05, 3.63) is 163 Å². The van der Waals surface area contributed by atoms with Crippen molar-refractivity contribution in [2.75, 3.05) is 0 Å². The predicted molar refractivity (Wildman–Crippen MR) is 151 cm³/mol. The van der Waals surface area contributed by atoms with Crippen molar-refractivity contribution < 1.29 is 41.4 Å². The van der Waals surface area contributed by atoms with Crippen LogP contribution in [0.4, 0.5) is 0 Å². The second-order valence-corrected chi connectivity index (χ2v) is 9.76. The summed E-state index contributed by atoms with van der Waals surface area (Å²) in [6.45, 7) is 10.1. The standard InChI is InChI=1S/C31H30O4.C3H5.Ti/c1-29(2)34-27(30(32,23-15-7-3-8-16-23)24-17-9-4-10-18-24)28(35-29)31(33,25-19-11-5-12-20-25)26-21-13-6-14-22-26;1-3-2;/h3-22,27-28,32-33H,1-2H3;3H,1-2H2;/q;-1;/t27-,28-;;/m0../s1. The van der Waals surface area contributed by atoms with Gasteiger partial charge in [0.05, 0.1) is 0 Å². The van der Waals surface area contributed by atoms with Gasteiger partial charge in [-0.05, 0) is 36.1 Å². The predicted octanol–water partition coefficient (Wildman–Crippen LogP) is 6.38. The fourth-order valence-corrected chi connectivity index (χ4v) is 5.13. The number of benzene rings is 4. The summed E-state index contributed by atoms with van der Waals surface area (Å²) >= 11 is 0. The number of rotatable bonds is 6. The maximum absolute atomic E-state index is 12.6. The van der Waals surface area contributed by atoms with Crippen molar-refractivity contribution >= 4 is 0 Å². The average Bonchev–Trinajstić information content (AvgIpc) is 3.30. The van der Waals surface area contributed by atoms with Gasteiger partial charge in [0.25, 0.3) is 0 Å². The molecule has 0 aromatic heterocycles. The fraction of sp³-hybridized carbons (Fsp3) is 0.206. The Labute approximate surface area is 246 Å². The van der Waals surface area contributed by atoms with Crippen LogP contribution in [0.2, 0.25) is 0 Å². The molecule has 1 aliphatic heterocycles. The third kappa shape index (κ3) is 6.12. The van der Waals surface area contributed by atoms with Crippen molar-refractivity contribution in [2.24, 2.45) is 0 Å². The quantitative estimate of drug-likeness (QED) is 0.214. The van der Waals surface area contributed by atoms with Gasteiger partial charge in [-0.25, -0.2) is 19.6 Å². The molecule has 4 aromatic rings. The molecule has 39 heavy (non-hydrogen) atoms. The van der Waals surface area contributed by atoms with Gasteiger partial charge < -0.3 is 19.7 Å². The zero-order valence-corrected chi connectivity index (χ0v) is 24.0. The third-order valence-corrected chi connectivity index (χ3v) is 6.78. The Balaban J connectivity index is 0.00000101. The maximum Gasteiger partial charge on any atom is 0.164 e. The van der Waals surface area contributed by atoms with Crippen LogP contribution in [0.3, 0.4) is 0 Å². The third-order valence-electron chi connectivity index (χ3n) is 6.78. The average molecular weight is 556 g/mol. The maximum atomic E-state index is 12.6. The largest absolute Gasteiger partial charge is 0.378 e. The molecule has 1 fully saturated rings. The van der Waals surface area contributed by atoms with E-state index in [9.17, 15) is 10.2 Å². The van der Waals surface area contributed by atoms with Crippen LogP contribution in [0.1, 0.15) is 36.1 Å². The Morgan fingerprint density at radius 2 is 0.821 bits per heavy atom. The summed E-state index contributed by atoms with van der Waals surface area (Å²) in [5.74, 6) is -1.05. The van der Waals surface area contributed by atoms with E-state index in [1.54, 1.807) is 0 Å². The smallest absolute Gasteiger partial charge is 0.164 e. The first kappa shape index (κ1) is 30.6. The first-order chi connectivity index (χ1) is 18.3. The Bertz CT molecular complexity index is 1120. The van der Waals surface area contributed by atoms with Crippen LogP contribution in [0.15, 0.2) is 134 Å². The van der Waals surface area contributed by atoms with Gasteiger partial charge in [0, 0.05) is 21.7 Å². The molecule has 2 atom stereocenters. The Morgan fingerprint density at radius 1 is 0.615 bits per heavy atom. The van der Waals surface area contributed by atoms with E-state index in [0.29, 0.717) is 22.3 Å². The van der Waals surface area contributed by atoms with Crippen LogP contribution in [-0.2, 0) is 42.4 Å². The summed E-state index contributed by atoms with van der Waals surface area (Å²) in [5.41, 5.74) is -0.564. The van der Waals surface area contributed by atoms with Gasteiger partial charge in [-0.1, -0.05) is 121 Å². The number of allylic oxidation sites excluding steroid dienone is 1. The van der Waals surface area contributed by atoms with E-state index in [-0.39, 0.29) is 21.7 Å². The number of ether oxygens (including phenoxy) is 2. The number of hydrogen-bond acceptors (Lipinski definition) is 4. The molecule has 4 nitrogen and oxygen atoms in total. The van der Waals surface area contributed by atoms with Gasteiger partial charge in [0.1, 0.15) is 23.4 Å². The zero-order chi connectivity index (χ0) is 27.2. The van der Waals surface area contributed by atoms with Gasteiger partial charge in [0.15, 0.2) is 5.79 Å². The minimum absolute atomic E-state index is 0. The number of aliphatic hydroxyl groups is 2. The second-order valence-electron chi connectivity index (χ2n) is 9.76. The zero-order valence-electron chi connectivity index (χ0n) is 22.4. The Kier molecular flexibility index (Phi) is 10.1. The van der Waals surface area contributed by atoms with Crippen molar-refractivity contribution in [2.45, 2.75) is 43.0 Å². The minimum atomic E-state index is -1.60. The van der Waals surface area contributed by atoms with E-state index >= 15 is 0 Å². The van der Waals surface area contributed by atoms with Gasteiger partial charge in [-0.15, -0.1) is 0 Å². The van der Waals surface area contributed by atoms with Crippen LogP contribution in [-0.4, -0.2) is 28.2 Å². The van der Waals surface area contributed by atoms with Crippen molar-refractivity contribution in [1.29, 1.82) is 0 Å². The van der Waals surface area contributed by atoms with E-state index in [1.807, 2.05) is 135 Å². The van der Waals surface area contributed by atoms with Crippen molar-refractivity contribution in [3.63, 3.8) is 0 Å². The molecule has 5 heteroatoms.